The second kappa shape index (κ2) is 9.52. The monoisotopic (exact) mass is 392 g/mol. The van der Waals surface area contributed by atoms with Crippen LogP contribution in [-0.4, -0.2) is 37.5 Å². The number of aryl methyl sites for hydroxylation is 2. The van der Waals surface area contributed by atoms with Gasteiger partial charge in [0.05, 0.1) is 19.6 Å². The summed E-state index contributed by atoms with van der Waals surface area (Å²) in [5.74, 6) is -0.295. The van der Waals surface area contributed by atoms with Gasteiger partial charge in [-0.3, -0.25) is 9.59 Å². The van der Waals surface area contributed by atoms with E-state index in [1.807, 2.05) is 45.0 Å². The van der Waals surface area contributed by atoms with Crippen LogP contribution in [0.15, 0.2) is 54.6 Å². The van der Waals surface area contributed by atoms with Gasteiger partial charge in [-0.15, -0.1) is 0 Å². The largest absolute Gasteiger partial charge is 0.342 e. The smallest absolute Gasteiger partial charge is 0.278 e. The fourth-order valence-corrected chi connectivity index (χ4v) is 3.76. The van der Waals surface area contributed by atoms with Gasteiger partial charge in [-0.1, -0.05) is 48.5 Å². The number of nitrogens with one attached hydrogen (secondary N) is 3. The van der Waals surface area contributed by atoms with Crippen molar-refractivity contribution in [2.75, 3.05) is 25.0 Å². The lowest BCUT2D eigenvalue weighted by atomic mass is 9.99. The molecule has 0 saturated heterocycles. The fraction of sp³-hybridized carbons (Fsp3) is 0.333. The first kappa shape index (κ1) is 20.8. The van der Waals surface area contributed by atoms with Gasteiger partial charge in [0.2, 0.25) is 5.91 Å². The van der Waals surface area contributed by atoms with E-state index in [-0.39, 0.29) is 24.4 Å². The van der Waals surface area contributed by atoms with Crippen molar-refractivity contribution in [3.05, 3.63) is 71.3 Å². The predicted octanol–water partition coefficient (Wildman–Crippen LogP) is 2.12. The molecule has 0 spiro atoms. The number of para-hydroxylation sites is 1. The fourth-order valence-electron chi connectivity index (χ4n) is 3.76. The Hall–Kier alpha value is -2.92. The van der Waals surface area contributed by atoms with Gasteiger partial charge in [0.25, 0.3) is 5.91 Å². The maximum atomic E-state index is 12.6. The van der Waals surface area contributed by atoms with E-state index in [0.717, 1.165) is 36.3 Å². The van der Waals surface area contributed by atoms with E-state index in [0.29, 0.717) is 0 Å². The Bertz CT molecular complexity index is 885. The Balaban J connectivity index is 1.50. The predicted molar refractivity (Wildman–Crippen MR) is 117 cm³/mol. The minimum absolute atomic E-state index is 0.0185. The molecule has 1 aliphatic rings. The number of hydrogen-bond acceptors (Lipinski definition) is 2. The number of carbonyl (C=O) groups is 2. The quantitative estimate of drug-likeness (QED) is 0.705. The third-order valence-corrected chi connectivity index (χ3v) is 5.65. The van der Waals surface area contributed by atoms with E-state index in [1.165, 1.54) is 16.0 Å². The normalized spacial score (nSPS) is 17.2. The molecule has 1 aliphatic heterocycles. The third-order valence-electron chi connectivity index (χ3n) is 5.65. The summed E-state index contributed by atoms with van der Waals surface area (Å²) in [5, 5.41) is 5.70. The Morgan fingerprint density at radius 3 is 2.34 bits per heavy atom. The van der Waals surface area contributed by atoms with Crippen molar-refractivity contribution >= 4 is 23.1 Å². The Labute approximate surface area is 172 Å². The molecule has 0 aromatic heterocycles. The molecule has 1 unspecified atom stereocenters. The molecular weight excluding hydrogens is 362 g/mol. The van der Waals surface area contributed by atoms with Crippen LogP contribution >= 0.6 is 0 Å². The molecular formula is C24H30N3O2+. The van der Waals surface area contributed by atoms with Gasteiger partial charge in [-0.05, 0) is 49.1 Å². The van der Waals surface area contributed by atoms with Crippen LogP contribution in [0.4, 0.5) is 5.69 Å². The van der Waals surface area contributed by atoms with Crippen molar-refractivity contribution in [2.45, 2.75) is 33.2 Å². The van der Waals surface area contributed by atoms with Gasteiger partial charge >= 0.3 is 0 Å². The van der Waals surface area contributed by atoms with Crippen LogP contribution < -0.4 is 15.5 Å². The summed E-state index contributed by atoms with van der Waals surface area (Å²) in [5.41, 5.74) is 5.44. The molecule has 0 saturated carbocycles. The summed E-state index contributed by atoms with van der Waals surface area (Å²) in [6, 6.07) is 16.1. The summed E-state index contributed by atoms with van der Waals surface area (Å²) in [6.45, 7) is 7.54. The Kier molecular flexibility index (Phi) is 6.83. The first-order valence-electron chi connectivity index (χ1n) is 10.2. The average Bonchev–Trinajstić information content (AvgIpc) is 2.75. The lowest BCUT2D eigenvalue weighted by molar-refractivity contribution is -0.909. The average molecular weight is 393 g/mol. The molecule has 29 heavy (non-hydrogen) atoms. The zero-order valence-electron chi connectivity index (χ0n) is 17.4. The van der Waals surface area contributed by atoms with Crippen LogP contribution in [0.5, 0.6) is 0 Å². The molecule has 0 aliphatic carbocycles. The second-order valence-corrected chi connectivity index (χ2v) is 7.71. The first-order chi connectivity index (χ1) is 14.0. The topological polar surface area (TPSA) is 62.6 Å². The van der Waals surface area contributed by atoms with Crippen molar-refractivity contribution in [1.82, 2.24) is 5.32 Å². The van der Waals surface area contributed by atoms with Crippen molar-refractivity contribution in [3.8, 4) is 0 Å². The first-order valence-corrected chi connectivity index (χ1v) is 10.2. The molecule has 0 radical (unpaired) electrons. The van der Waals surface area contributed by atoms with Gasteiger partial charge in [0.1, 0.15) is 0 Å². The third kappa shape index (κ3) is 5.33. The van der Waals surface area contributed by atoms with E-state index in [1.54, 1.807) is 0 Å². The highest BCUT2D eigenvalue weighted by Gasteiger charge is 2.27. The highest BCUT2D eigenvalue weighted by atomic mass is 16.2. The molecule has 2 aromatic rings. The summed E-state index contributed by atoms with van der Waals surface area (Å²) >= 11 is 0. The standard InChI is InChI=1S/C24H29N3O2/c1-17-8-7-9-18(2)23(17)26-22(28)16-25-24(29)19(3)27-14-12-21(13-15-27)20-10-5-4-6-11-20/h4-12,19H,13-16H2,1-3H3,(H,25,29)(H,26,28)/p+1/t19-/m1/s1. The summed E-state index contributed by atoms with van der Waals surface area (Å²) in [4.78, 5) is 26.0. The summed E-state index contributed by atoms with van der Waals surface area (Å²) in [6.07, 6.45) is 3.18. The van der Waals surface area contributed by atoms with Crippen molar-refractivity contribution < 1.29 is 14.5 Å². The Morgan fingerprint density at radius 1 is 1.03 bits per heavy atom. The van der Waals surface area contributed by atoms with Crippen LogP contribution in [0, 0.1) is 13.8 Å². The number of quaternary nitrogens is 1. The van der Waals surface area contributed by atoms with Crippen molar-refractivity contribution in [1.29, 1.82) is 0 Å². The van der Waals surface area contributed by atoms with E-state index in [9.17, 15) is 9.59 Å². The zero-order chi connectivity index (χ0) is 20.8. The number of amides is 2. The lowest BCUT2D eigenvalue weighted by Gasteiger charge is -2.28. The maximum absolute atomic E-state index is 12.6. The van der Waals surface area contributed by atoms with Gasteiger partial charge in [0, 0.05) is 12.1 Å². The van der Waals surface area contributed by atoms with Gasteiger partial charge in [0.15, 0.2) is 6.04 Å². The number of rotatable bonds is 6. The molecule has 3 N–H and O–H groups in total. The van der Waals surface area contributed by atoms with Crippen LogP contribution in [0.1, 0.15) is 30.0 Å². The molecule has 2 aromatic carbocycles. The van der Waals surface area contributed by atoms with E-state index < -0.39 is 0 Å². The van der Waals surface area contributed by atoms with Crippen molar-refractivity contribution in [3.63, 3.8) is 0 Å². The van der Waals surface area contributed by atoms with E-state index in [2.05, 4.69) is 41.0 Å². The molecule has 0 fully saturated rings. The molecule has 5 heteroatoms. The molecule has 5 nitrogen and oxygen atoms in total. The summed E-state index contributed by atoms with van der Waals surface area (Å²) in [7, 11) is 0. The van der Waals surface area contributed by atoms with Gasteiger partial charge in [-0.25, -0.2) is 0 Å². The molecule has 152 valence electrons. The van der Waals surface area contributed by atoms with E-state index in [4.69, 9.17) is 0 Å². The molecule has 1 heterocycles. The SMILES string of the molecule is Cc1cccc(C)c1NC(=O)CNC(=O)[C@@H](C)[NH+]1CC=C(c2ccccc2)CC1. The van der Waals surface area contributed by atoms with Gasteiger partial charge in [-0.2, -0.15) is 0 Å². The molecule has 3 rings (SSSR count). The number of anilines is 1. The number of hydrogen-bond donors (Lipinski definition) is 3. The molecule has 0 bridgehead atoms. The molecule has 2 atom stereocenters. The summed E-state index contributed by atoms with van der Waals surface area (Å²) < 4.78 is 0. The minimum atomic E-state index is -0.206. The maximum Gasteiger partial charge on any atom is 0.278 e. The molecule has 2 amide bonds. The number of carbonyl (C=O) groups excluding carboxylic acids is 2. The van der Waals surface area contributed by atoms with Gasteiger partial charge < -0.3 is 15.5 Å². The highest BCUT2D eigenvalue weighted by molar-refractivity contribution is 5.96. The highest BCUT2D eigenvalue weighted by Crippen LogP contribution is 2.19. The van der Waals surface area contributed by atoms with Crippen LogP contribution in [-0.2, 0) is 9.59 Å². The van der Waals surface area contributed by atoms with Crippen LogP contribution in [0.2, 0.25) is 0 Å². The lowest BCUT2D eigenvalue weighted by Crippen LogP contribution is -3.17. The van der Waals surface area contributed by atoms with Crippen molar-refractivity contribution in [2.24, 2.45) is 0 Å². The zero-order valence-corrected chi connectivity index (χ0v) is 17.4. The minimum Gasteiger partial charge on any atom is -0.342 e. The second-order valence-electron chi connectivity index (χ2n) is 7.71. The Morgan fingerprint density at radius 2 is 1.72 bits per heavy atom. The van der Waals surface area contributed by atoms with Crippen LogP contribution in [0.25, 0.3) is 5.57 Å². The number of benzene rings is 2. The van der Waals surface area contributed by atoms with Crippen LogP contribution in [0.3, 0.4) is 0 Å². The van der Waals surface area contributed by atoms with E-state index >= 15 is 0 Å².